The Labute approximate surface area is 180 Å². The Morgan fingerprint density at radius 3 is 2.59 bits per heavy atom. The smallest absolute Gasteiger partial charge is 0.193 e. The fourth-order valence-corrected chi connectivity index (χ4v) is 2.82. The first-order chi connectivity index (χ1) is 12.3. The van der Waals surface area contributed by atoms with Crippen LogP contribution in [0.3, 0.4) is 0 Å². The maximum absolute atomic E-state index is 6.01. The Kier molecular flexibility index (Phi) is 9.08. The van der Waals surface area contributed by atoms with Crippen LogP contribution < -0.4 is 10.1 Å². The Bertz CT molecular complexity index is 736. The Morgan fingerprint density at radius 1 is 1.30 bits per heavy atom. The molecule has 0 fully saturated rings. The zero-order valence-electron chi connectivity index (χ0n) is 17.2. The minimum atomic E-state index is 0. The van der Waals surface area contributed by atoms with Crippen molar-refractivity contribution < 1.29 is 4.74 Å². The first-order valence-corrected chi connectivity index (χ1v) is 8.93. The van der Waals surface area contributed by atoms with Crippen LogP contribution in [0.15, 0.2) is 41.7 Å². The van der Waals surface area contributed by atoms with Gasteiger partial charge in [0, 0.05) is 39.4 Å². The molecule has 0 radical (unpaired) electrons. The van der Waals surface area contributed by atoms with Gasteiger partial charge in [-0.05, 0) is 17.0 Å². The van der Waals surface area contributed by atoms with Crippen LogP contribution in [0.25, 0.3) is 0 Å². The Balaban J connectivity index is 0.00000364. The lowest BCUT2D eigenvalue weighted by Gasteiger charge is -2.24. The van der Waals surface area contributed by atoms with Crippen LogP contribution in [0.1, 0.15) is 31.9 Å². The van der Waals surface area contributed by atoms with Crippen LogP contribution in [0.5, 0.6) is 5.75 Å². The highest BCUT2D eigenvalue weighted by Gasteiger charge is 2.18. The van der Waals surface area contributed by atoms with Gasteiger partial charge in [-0.25, -0.2) is 0 Å². The maximum atomic E-state index is 6.01. The van der Waals surface area contributed by atoms with E-state index in [1.165, 1.54) is 5.56 Å². The van der Waals surface area contributed by atoms with Crippen molar-refractivity contribution in [3.05, 3.63) is 47.8 Å². The number of guanidine groups is 1. The number of nitrogens with one attached hydrogen (secondary N) is 1. The van der Waals surface area contributed by atoms with Gasteiger partial charge in [0.2, 0.25) is 0 Å². The normalized spacial score (nSPS) is 11.7. The highest BCUT2D eigenvalue weighted by Crippen LogP contribution is 2.30. The summed E-state index contributed by atoms with van der Waals surface area (Å²) in [5.41, 5.74) is 2.43. The van der Waals surface area contributed by atoms with Gasteiger partial charge in [0.05, 0.1) is 12.7 Å². The van der Waals surface area contributed by atoms with E-state index in [1.54, 1.807) is 11.7 Å². The fourth-order valence-electron chi connectivity index (χ4n) is 2.82. The molecule has 2 rings (SSSR count). The number of para-hydroxylation sites is 1. The van der Waals surface area contributed by atoms with Crippen LogP contribution in [-0.4, -0.2) is 47.9 Å². The molecule has 1 aromatic heterocycles. The lowest BCUT2D eigenvalue weighted by atomic mass is 9.86. The molecule has 6 nitrogen and oxygen atoms in total. The third kappa shape index (κ3) is 7.04. The number of aromatic nitrogens is 2. The zero-order valence-corrected chi connectivity index (χ0v) is 19.5. The molecule has 1 heterocycles. The lowest BCUT2D eigenvalue weighted by molar-refractivity contribution is 0.310. The second kappa shape index (κ2) is 10.5. The molecule has 2 aromatic rings. The molecular weight excluding hydrogens is 453 g/mol. The monoisotopic (exact) mass is 485 g/mol. The van der Waals surface area contributed by atoms with E-state index in [0.717, 1.165) is 23.8 Å². The van der Waals surface area contributed by atoms with Crippen LogP contribution in [0.2, 0.25) is 0 Å². The molecule has 0 saturated carbocycles. The van der Waals surface area contributed by atoms with E-state index in [-0.39, 0.29) is 29.4 Å². The molecule has 0 amide bonds. The molecule has 150 valence electrons. The maximum Gasteiger partial charge on any atom is 0.193 e. The van der Waals surface area contributed by atoms with Crippen molar-refractivity contribution in [1.29, 1.82) is 0 Å². The van der Waals surface area contributed by atoms with E-state index in [9.17, 15) is 0 Å². The van der Waals surface area contributed by atoms with Crippen molar-refractivity contribution in [3.63, 3.8) is 0 Å². The summed E-state index contributed by atoms with van der Waals surface area (Å²) in [6.07, 6.45) is 3.88. The quantitative estimate of drug-likeness (QED) is 0.295. The number of hydrogen-bond acceptors (Lipinski definition) is 3. The summed E-state index contributed by atoms with van der Waals surface area (Å²) < 4.78 is 7.82. The number of aryl methyl sites for hydroxylation is 1. The van der Waals surface area contributed by atoms with E-state index in [2.05, 4.69) is 53.2 Å². The topological polar surface area (TPSA) is 54.7 Å². The molecule has 7 heteroatoms. The molecule has 0 atom stereocenters. The van der Waals surface area contributed by atoms with E-state index < -0.39 is 0 Å². The summed E-state index contributed by atoms with van der Waals surface area (Å²) >= 11 is 0. The van der Waals surface area contributed by atoms with Crippen molar-refractivity contribution in [2.45, 2.75) is 32.7 Å². The molecule has 0 bridgehead atoms. The number of rotatable bonds is 6. The summed E-state index contributed by atoms with van der Waals surface area (Å²) in [6.45, 7) is 8.60. The van der Waals surface area contributed by atoms with Crippen molar-refractivity contribution >= 4 is 29.9 Å². The van der Waals surface area contributed by atoms with E-state index >= 15 is 0 Å². The fraction of sp³-hybridized carbons (Fsp3) is 0.500. The standard InChI is InChI=1S/C20H31N5O.HI/c1-20(2,3)17-9-7-8-10-18(17)26-12-11-22-19(21-4)24(5)14-16-13-23-25(6)15-16;/h7-10,13,15H,11-12,14H2,1-6H3,(H,21,22);1H. The second-order valence-electron chi connectivity index (χ2n) is 7.45. The van der Waals surface area contributed by atoms with Gasteiger partial charge in [0.25, 0.3) is 0 Å². The second-order valence-corrected chi connectivity index (χ2v) is 7.45. The van der Waals surface area contributed by atoms with Gasteiger partial charge in [0.15, 0.2) is 5.96 Å². The molecule has 0 unspecified atom stereocenters. The van der Waals surface area contributed by atoms with E-state index in [1.807, 2.05) is 38.6 Å². The molecule has 1 aromatic carbocycles. The van der Waals surface area contributed by atoms with Gasteiger partial charge in [-0.15, -0.1) is 24.0 Å². The van der Waals surface area contributed by atoms with Gasteiger partial charge in [-0.3, -0.25) is 9.67 Å². The predicted molar refractivity (Wildman–Crippen MR) is 122 cm³/mol. The van der Waals surface area contributed by atoms with Crippen molar-refractivity contribution in [2.24, 2.45) is 12.0 Å². The highest BCUT2D eigenvalue weighted by molar-refractivity contribution is 14.0. The van der Waals surface area contributed by atoms with Crippen LogP contribution in [0.4, 0.5) is 0 Å². The minimum absolute atomic E-state index is 0. The number of benzene rings is 1. The van der Waals surface area contributed by atoms with Crippen LogP contribution in [0, 0.1) is 0 Å². The number of ether oxygens (including phenoxy) is 1. The average molecular weight is 485 g/mol. The number of aliphatic imine (C=N–C) groups is 1. The van der Waals surface area contributed by atoms with Gasteiger partial charge in [-0.1, -0.05) is 39.0 Å². The van der Waals surface area contributed by atoms with Crippen LogP contribution in [-0.2, 0) is 19.0 Å². The summed E-state index contributed by atoms with van der Waals surface area (Å²) in [6, 6.07) is 8.23. The Hall–Kier alpha value is -1.77. The molecule has 1 N–H and O–H groups in total. The van der Waals surface area contributed by atoms with Crippen LogP contribution >= 0.6 is 24.0 Å². The minimum Gasteiger partial charge on any atom is -0.491 e. The largest absolute Gasteiger partial charge is 0.491 e. The predicted octanol–water partition coefficient (Wildman–Crippen LogP) is 3.42. The molecule has 0 aliphatic heterocycles. The summed E-state index contributed by atoms with van der Waals surface area (Å²) in [5, 5.41) is 7.55. The first kappa shape index (κ1) is 23.3. The van der Waals surface area contributed by atoms with Gasteiger partial charge in [0.1, 0.15) is 12.4 Å². The molecule has 0 spiro atoms. The zero-order chi connectivity index (χ0) is 19.2. The van der Waals surface area contributed by atoms with Crippen molar-refractivity contribution in [2.75, 3.05) is 27.2 Å². The molecule has 0 aliphatic carbocycles. The highest BCUT2D eigenvalue weighted by atomic mass is 127. The molecule has 0 aliphatic rings. The first-order valence-electron chi connectivity index (χ1n) is 8.93. The summed E-state index contributed by atoms with van der Waals surface area (Å²) in [5.74, 6) is 1.78. The summed E-state index contributed by atoms with van der Waals surface area (Å²) in [7, 11) is 5.72. The molecule has 0 saturated heterocycles. The lowest BCUT2D eigenvalue weighted by Crippen LogP contribution is -2.40. The van der Waals surface area contributed by atoms with Gasteiger partial charge >= 0.3 is 0 Å². The third-order valence-electron chi connectivity index (χ3n) is 4.09. The Morgan fingerprint density at radius 2 is 2.00 bits per heavy atom. The molecular formula is C20H32IN5O. The average Bonchev–Trinajstić information content (AvgIpc) is 2.99. The number of nitrogens with zero attached hydrogens (tertiary/aromatic N) is 4. The van der Waals surface area contributed by atoms with Gasteiger partial charge in [-0.2, -0.15) is 5.10 Å². The number of halogens is 1. The number of hydrogen-bond donors (Lipinski definition) is 1. The molecule has 27 heavy (non-hydrogen) atoms. The van der Waals surface area contributed by atoms with E-state index in [0.29, 0.717) is 13.2 Å². The SMILES string of the molecule is CN=C(NCCOc1ccccc1C(C)(C)C)N(C)Cc1cnn(C)c1.I. The third-order valence-corrected chi connectivity index (χ3v) is 4.09. The summed E-state index contributed by atoms with van der Waals surface area (Å²) in [4.78, 5) is 6.41. The van der Waals surface area contributed by atoms with Crippen molar-refractivity contribution in [1.82, 2.24) is 20.0 Å². The van der Waals surface area contributed by atoms with E-state index in [4.69, 9.17) is 4.74 Å². The van der Waals surface area contributed by atoms with Crippen molar-refractivity contribution in [3.8, 4) is 5.75 Å². The van der Waals surface area contributed by atoms with Gasteiger partial charge < -0.3 is 15.0 Å².